The molecular weight excluding hydrogens is 292 g/mol. The lowest BCUT2D eigenvalue weighted by atomic mass is 10.3. The number of aromatic nitrogens is 1. The summed E-state index contributed by atoms with van der Waals surface area (Å²) in [6, 6.07) is 8.65. The molecule has 0 radical (unpaired) electrons. The van der Waals surface area contributed by atoms with Crippen molar-refractivity contribution >= 4 is 10.0 Å². The number of furan rings is 1. The molecule has 2 aromatic rings. The minimum atomic E-state index is -3.54. The fourth-order valence-electron chi connectivity index (χ4n) is 2.28. The van der Waals surface area contributed by atoms with Crippen LogP contribution in [0.3, 0.4) is 0 Å². The lowest BCUT2D eigenvalue weighted by molar-refractivity contribution is 0.0489. The second kappa shape index (κ2) is 5.97. The van der Waals surface area contributed by atoms with Crippen molar-refractivity contribution in [1.29, 1.82) is 0 Å². The highest BCUT2D eigenvalue weighted by molar-refractivity contribution is 7.89. The predicted octanol–water partition coefficient (Wildman–Crippen LogP) is 1.65. The molecule has 1 atom stereocenters. The normalized spacial score (nSPS) is 19.9. The van der Waals surface area contributed by atoms with E-state index in [1.54, 1.807) is 12.3 Å². The molecule has 0 amide bonds. The summed E-state index contributed by atoms with van der Waals surface area (Å²) in [5.74, 6) is 0. The van der Waals surface area contributed by atoms with Crippen LogP contribution in [-0.4, -0.2) is 36.9 Å². The van der Waals surface area contributed by atoms with Crippen LogP contribution in [-0.2, 0) is 21.4 Å². The summed E-state index contributed by atoms with van der Waals surface area (Å²) in [6.45, 7) is 1.17. The standard InChI is InChI=1S/C14H16N2O4S/c17-21(18,14-5-3-9-19-14)16-8-6-13(10-16)20-11-12-4-1-2-7-15-12/h1-5,7,9,13H,6,8,10-11H2. The largest absolute Gasteiger partial charge is 0.452 e. The Hall–Kier alpha value is -1.70. The third-order valence-electron chi connectivity index (χ3n) is 3.39. The maximum absolute atomic E-state index is 12.3. The summed E-state index contributed by atoms with van der Waals surface area (Å²) in [5, 5.41) is -0.0205. The van der Waals surface area contributed by atoms with Crippen LogP contribution >= 0.6 is 0 Å². The van der Waals surface area contributed by atoms with Crippen molar-refractivity contribution in [2.24, 2.45) is 0 Å². The molecule has 0 spiro atoms. The second-order valence-electron chi connectivity index (χ2n) is 4.84. The van der Waals surface area contributed by atoms with E-state index in [1.165, 1.54) is 16.6 Å². The van der Waals surface area contributed by atoms with E-state index in [1.807, 2.05) is 18.2 Å². The molecule has 0 saturated carbocycles. The number of rotatable bonds is 5. The van der Waals surface area contributed by atoms with Gasteiger partial charge in [-0.3, -0.25) is 4.98 Å². The first-order valence-corrected chi connectivity index (χ1v) is 8.15. The maximum Gasteiger partial charge on any atom is 0.276 e. The topological polar surface area (TPSA) is 72.6 Å². The van der Waals surface area contributed by atoms with Gasteiger partial charge in [0.15, 0.2) is 0 Å². The van der Waals surface area contributed by atoms with Gasteiger partial charge in [-0.15, -0.1) is 0 Å². The number of hydrogen-bond donors (Lipinski definition) is 0. The fourth-order valence-corrected chi connectivity index (χ4v) is 3.67. The fraction of sp³-hybridized carbons (Fsp3) is 0.357. The zero-order chi connectivity index (χ0) is 14.7. The third-order valence-corrected chi connectivity index (χ3v) is 5.14. The van der Waals surface area contributed by atoms with Gasteiger partial charge in [0.2, 0.25) is 5.09 Å². The van der Waals surface area contributed by atoms with E-state index in [9.17, 15) is 8.42 Å². The average Bonchev–Trinajstić information content (AvgIpc) is 3.18. The van der Waals surface area contributed by atoms with Crippen LogP contribution in [0, 0.1) is 0 Å². The monoisotopic (exact) mass is 308 g/mol. The zero-order valence-electron chi connectivity index (χ0n) is 11.4. The van der Waals surface area contributed by atoms with E-state index in [-0.39, 0.29) is 11.2 Å². The van der Waals surface area contributed by atoms with Gasteiger partial charge in [-0.2, -0.15) is 4.31 Å². The Labute approximate surface area is 123 Å². The second-order valence-corrected chi connectivity index (χ2v) is 6.71. The molecule has 1 aliphatic rings. The van der Waals surface area contributed by atoms with E-state index in [2.05, 4.69) is 4.98 Å². The Balaban J connectivity index is 1.59. The van der Waals surface area contributed by atoms with E-state index >= 15 is 0 Å². The summed E-state index contributed by atoms with van der Waals surface area (Å²) >= 11 is 0. The van der Waals surface area contributed by atoms with Crippen LogP contribution in [0.4, 0.5) is 0 Å². The van der Waals surface area contributed by atoms with E-state index in [0.717, 1.165) is 5.69 Å². The summed E-state index contributed by atoms with van der Waals surface area (Å²) < 4.78 is 36.7. The summed E-state index contributed by atoms with van der Waals surface area (Å²) in [7, 11) is -3.54. The van der Waals surface area contributed by atoms with Gasteiger partial charge >= 0.3 is 0 Å². The quantitative estimate of drug-likeness (QED) is 0.840. The van der Waals surface area contributed by atoms with Crippen molar-refractivity contribution in [3.05, 3.63) is 48.5 Å². The molecule has 0 N–H and O–H groups in total. The van der Waals surface area contributed by atoms with Crippen molar-refractivity contribution in [3.8, 4) is 0 Å². The number of sulfonamides is 1. The molecule has 7 heteroatoms. The summed E-state index contributed by atoms with van der Waals surface area (Å²) in [5.41, 5.74) is 0.838. The highest BCUT2D eigenvalue weighted by Crippen LogP contribution is 2.23. The number of pyridine rings is 1. The van der Waals surface area contributed by atoms with Gasteiger partial charge in [-0.05, 0) is 30.7 Å². The molecule has 0 aromatic carbocycles. The molecule has 6 nitrogen and oxygen atoms in total. The molecule has 1 aliphatic heterocycles. The van der Waals surface area contributed by atoms with Crippen molar-refractivity contribution in [1.82, 2.24) is 9.29 Å². The lowest BCUT2D eigenvalue weighted by Crippen LogP contribution is -2.30. The van der Waals surface area contributed by atoms with Crippen LogP contribution in [0.2, 0.25) is 0 Å². The Morgan fingerprint density at radius 1 is 1.33 bits per heavy atom. The molecule has 21 heavy (non-hydrogen) atoms. The SMILES string of the molecule is O=S(=O)(c1ccco1)N1CCC(OCc2ccccn2)C1. The van der Waals surface area contributed by atoms with Gasteiger partial charge in [-0.25, -0.2) is 8.42 Å². The molecule has 1 unspecified atom stereocenters. The Morgan fingerprint density at radius 3 is 2.95 bits per heavy atom. The maximum atomic E-state index is 12.3. The van der Waals surface area contributed by atoms with Gasteiger partial charge in [0.1, 0.15) is 0 Å². The van der Waals surface area contributed by atoms with Gasteiger partial charge < -0.3 is 9.15 Å². The van der Waals surface area contributed by atoms with Gasteiger partial charge in [-0.1, -0.05) is 6.07 Å². The molecule has 1 saturated heterocycles. The van der Waals surface area contributed by atoms with Crippen LogP contribution in [0.15, 0.2) is 52.3 Å². The number of hydrogen-bond acceptors (Lipinski definition) is 5. The summed E-state index contributed by atoms with van der Waals surface area (Å²) in [4.78, 5) is 4.18. The van der Waals surface area contributed by atoms with Crippen molar-refractivity contribution in [2.45, 2.75) is 24.2 Å². The van der Waals surface area contributed by atoms with Gasteiger partial charge in [0, 0.05) is 19.3 Å². The first-order chi connectivity index (χ1) is 10.2. The van der Waals surface area contributed by atoms with Crippen LogP contribution in [0.25, 0.3) is 0 Å². The Kier molecular flexibility index (Phi) is 4.05. The van der Waals surface area contributed by atoms with Crippen molar-refractivity contribution in [2.75, 3.05) is 13.1 Å². The van der Waals surface area contributed by atoms with Gasteiger partial charge in [0.05, 0.1) is 24.7 Å². The van der Waals surface area contributed by atoms with Gasteiger partial charge in [0.25, 0.3) is 10.0 Å². The van der Waals surface area contributed by atoms with Crippen molar-refractivity contribution in [3.63, 3.8) is 0 Å². The van der Waals surface area contributed by atoms with E-state index in [4.69, 9.17) is 9.15 Å². The molecule has 0 aliphatic carbocycles. The molecule has 0 bridgehead atoms. The van der Waals surface area contributed by atoms with E-state index in [0.29, 0.717) is 26.1 Å². The minimum Gasteiger partial charge on any atom is -0.452 e. The van der Waals surface area contributed by atoms with Crippen LogP contribution in [0.5, 0.6) is 0 Å². The van der Waals surface area contributed by atoms with Crippen LogP contribution < -0.4 is 0 Å². The zero-order valence-corrected chi connectivity index (χ0v) is 12.2. The molecule has 2 aromatic heterocycles. The predicted molar refractivity (Wildman–Crippen MR) is 74.9 cm³/mol. The number of ether oxygens (including phenoxy) is 1. The minimum absolute atomic E-state index is 0.0205. The molecule has 1 fully saturated rings. The third kappa shape index (κ3) is 3.15. The van der Waals surface area contributed by atoms with Crippen molar-refractivity contribution < 1.29 is 17.6 Å². The molecular formula is C14H16N2O4S. The molecule has 112 valence electrons. The highest BCUT2D eigenvalue weighted by Gasteiger charge is 2.34. The van der Waals surface area contributed by atoms with Crippen LogP contribution in [0.1, 0.15) is 12.1 Å². The first-order valence-electron chi connectivity index (χ1n) is 6.71. The smallest absolute Gasteiger partial charge is 0.276 e. The number of nitrogens with zero attached hydrogens (tertiary/aromatic N) is 2. The van der Waals surface area contributed by atoms with E-state index < -0.39 is 10.0 Å². The molecule has 3 rings (SSSR count). The Bertz CT molecular complexity index is 670. The lowest BCUT2D eigenvalue weighted by Gasteiger charge is -2.15. The first kappa shape index (κ1) is 14.2. The average molecular weight is 308 g/mol. The molecule has 3 heterocycles. The summed E-state index contributed by atoms with van der Waals surface area (Å²) in [6.07, 6.45) is 3.63. The highest BCUT2D eigenvalue weighted by atomic mass is 32.2. The Morgan fingerprint density at radius 2 is 2.24 bits per heavy atom.